The van der Waals surface area contributed by atoms with Gasteiger partial charge < -0.3 is 9.90 Å². The number of rotatable bonds is 2. The third-order valence-corrected chi connectivity index (χ3v) is 2.92. The number of amidine groups is 1. The molecule has 1 heterocycles. The average Bonchev–Trinajstić information content (AvgIpc) is 2.50. The number of aryl methyl sites for hydroxylation is 1. The Morgan fingerprint density at radius 3 is 2.94 bits per heavy atom. The van der Waals surface area contributed by atoms with Crippen LogP contribution in [0.25, 0.3) is 0 Å². The van der Waals surface area contributed by atoms with Crippen molar-refractivity contribution in [2.45, 2.75) is 32.2 Å². The molecule has 90 valence electrons. The molecule has 1 aliphatic rings. The Labute approximate surface area is 100 Å². The Balaban J connectivity index is 2.21. The van der Waals surface area contributed by atoms with Crippen molar-refractivity contribution in [3.63, 3.8) is 0 Å². The van der Waals surface area contributed by atoms with Gasteiger partial charge in [0.05, 0.1) is 5.97 Å². The number of carboxylic acids is 1. The largest absolute Gasteiger partial charge is 0.546 e. The van der Waals surface area contributed by atoms with Crippen LogP contribution in [0.2, 0.25) is 0 Å². The summed E-state index contributed by atoms with van der Waals surface area (Å²) in [5.74, 6) is -0.233. The van der Waals surface area contributed by atoms with E-state index in [0.717, 1.165) is 30.8 Å². The smallest absolute Gasteiger partial charge is 0.248 e. The van der Waals surface area contributed by atoms with Crippen molar-refractivity contribution in [3.05, 3.63) is 29.8 Å². The minimum atomic E-state index is -1.09. The Hall–Kier alpha value is -1.84. The molecule has 2 N–H and O–H groups in total. The number of carbonyl (C=O) groups is 1. The molecule has 1 aromatic carbocycles. The van der Waals surface area contributed by atoms with E-state index < -0.39 is 12.0 Å². The molecule has 17 heavy (non-hydrogen) atoms. The van der Waals surface area contributed by atoms with Crippen LogP contribution < -0.4 is 15.4 Å². The minimum Gasteiger partial charge on any atom is -0.546 e. The van der Waals surface area contributed by atoms with Crippen LogP contribution in [0.3, 0.4) is 0 Å². The van der Waals surface area contributed by atoms with E-state index in [1.54, 1.807) is 6.92 Å². The molecule has 0 aliphatic carbocycles. The first-order valence-electron chi connectivity index (χ1n) is 5.85. The van der Waals surface area contributed by atoms with Gasteiger partial charge in [-0.15, -0.1) is 0 Å². The Bertz CT molecular complexity index is 454. The van der Waals surface area contributed by atoms with Crippen LogP contribution in [-0.2, 0) is 11.2 Å². The molecule has 1 unspecified atom stereocenters. The number of aliphatic carboxylic acids is 1. The Morgan fingerprint density at radius 2 is 2.18 bits per heavy atom. The molecule has 0 saturated heterocycles. The van der Waals surface area contributed by atoms with E-state index in [1.165, 1.54) is 5.56 Å². The predicted octanol–water partition coefficient (Wildman–Crippen LogP) is -0.948. The minimum absolute atomic E-state index is 0.678. The summed E-state index contributed by atoms with van der Waals surface area (Å²) in [4.78, 5) is 13.6. The molecule has 1 atom stereocenters. The molecule has 0 saturated carbocycles. The number of fused-ring (bicyclic) bond motifs is 1. The van der Waals surface area contributed by atoms with E-state index in [-0.39, 0.29) is 0 Å². The fourth-order valence-corrected chi connectivity index (χ4v) is 1.97. The second-order valence-electron chi connectivity index (χ2n) is 4.30. The van der Waals surface area contributed by atoms with Gasteiger partial charge >= 0.3 is 0 Å². The third-order valence-electron chi connectivity index (χ3n) is 2.92. The molecule has 0 aromatic heterocycles. The summed E-state index contributed by atoms with van der Waals surface area (Å²) in [6.07, 6.45) is 2.84. The molecule has 0 bridgehead atoms. The average molecular weight is 232 g/mol. The summed E-state index contributed by atoms with van der Waals surface area (Å²) in [6.45, 7) is 1.58. The highest BCUT2D eigenvalue weighted by Gasteiger charge is 2.17. The summed E-state index contributed by atoms with van der Waals surface area (Å²) in [6, 6.07) is 7.40. The number of carboxylic acid groups (broad SMARTS) is 1. The van der Waals surface area contributed by atoms with Crippen LogP contribution in [0.5, 0.6) is 0 Å². The van der Waals surface area contributed by atoms with E-state index in [9.17, 15) is 9.90 Å². The molecule has 0 fully saturated rings. The highest BCUT2D eigenvalue weighted by atomic mass is 16.4. The molecule has 1 aromatic rings. The van der Waals surface area contributed by atoms with E-state index in [1.807, 2.05) is 18.2 Å². The molecule has 1 aliphatic heterocycles. The quantitative estimate of drug-likeness (QED) is 0.691. The summed E-state index contributed by atoms with van der Waals surface area (Å²) in [5.41, 5.74) is 2.32. The van der Waals surface area contributed by atoms with Crippen molar-refractivity contribution >= 4 is 17.5 Å². The molecule has 4 nitrogen and oxygen atoms in total. The van der Waals surface area contributed by atoms with Crippen molar-refractivity contribution in [3.8, 4) is 0 Å². The lowest BCUT2D eigenvalue weighted by atomic mass is 10.1. The zero-order chi connectivity index (χ0) is 12.3. The standard InChI is InChI=1S/C13H16N2O2/c1-9(13(16)17)14-12-8-4-6-10-5-2-3-7-11(10)15-12/h2-3,5,7,9H,4,6,8H2,1H3,(H,14,15)(H,16,17). The van der Waals surface area contributed by atoms with Gasteiger partial charge in [-0.3, -0.25) is 4.99 Å². The number of para-hydroxylation sites is 1. The van der Waals surface area contributed by atoms with Crippen LogP contribution in [0.1, 0.15) is 25.3 Å². The second-order valence-corrected chi connectivity index (χ2v) is 4.30. The van der Waals surface area contributed by atoms with Gasteiger partial charge in [-0.2, -0.15) is 0 Å². The highest BCUT2D eigenvalue weighted by molar-refractivity contribution is 5.93. The molecule has 4 heteroatoms. The number of nitrogens with one attached hydrogen (secondary N) is 2. The first-order valence-corrected chi connectivity index (χ1v) is 5.85. The maximum absolute atomic E-state index is 10.7. The molecular formula is C13H16N2O2. The summed E-state index contributed by atoms with van der Waals surface area (Å²) in [5, 5.41) is 13.9. The fraction of sp³-hybridized carbons (Fsp3) is 0.385. The molecule has 0 radical (unpaired) electrons. The second kappa shape index (κ2) is 4.99. The van der Waals surface area contributed by atoms with Crippen molar-refractivity contribution in [2.24, 2.45) is 0 Å². The lowest BCUT2D eigenvalue weighted by Gasteiger charge is -2.07. The van der Waals surface area contributed by atoms with Crippen molar-refractivity contribution in [1.82, 2.24) is 0 Å². The summed E-state index contributed by atoms with van der Waals surface area (Å²) < 4.78 is 0. The van der Waals surface area contributed by atoms with Crippen LogP contribution in [0.15, 0.2) is 24.3 Å². The number of hydrogen-bond donors (Lipinski definition) is 2. The van der Waals surface area contributed by atoms with Gasteiger partial charge in [0.1, 0.15) is 11.7 Å². The molecule has 0 spiro atoms. The zero-order valence-corrected chi connectivity index (χ0v) is 9.82. The normalized spacial score (nSPS) is 19.0. The summed E-state index contributed by atoms with van der Waals surface area (Å²) >= 11 is 0. The maximum atomic E-state index is 10.7. The lowest BCUT2D eigenvalue weighted by Crippen LogP contribution is -2.83. The molecular weight excluding hydrogens is 216 g/mol. The van der Waals surface area contributed by atoms with Crippen LogP contribution in [-0.4, -0.2) is 17.8 Å². The van der Waals surface area contributed by atoms with Gasteiger partial charge in [0.25, 0.3) is 0 Å². The monoisotopic (exact) mass is 232 g/mol. The topological polar surface area (TPSA) is 66.1 Å². The van der Waals surface area contributed by atoms with E-state index in [0.29, 0.717) is 0 Å². The van der Waals surface area contributed by atoms with E-state index in [4.69, 9.17) is 0 Å². The number of hydrogen-bond acceptors (Lipinski definition) is 2. The number of benzene rings is 1. The first kappa shape index (κ1) is 11.6. The van der Waals surface area contributed by atoms with Gasteiger partial charge in [-0.25, -0.2) is 5.32 Å². The van der Waals surface area contributed by atoms with Crippen molar-refractivity contribution < 1.29 is 14.9 Å². The summed E-state index contributed by atoms with van der Waals surface area (Å²) in [7, 11) is 0. The zero-order valence-electron chi connectivity index (χ0n) is 9.82. The van der Waals surface area contributed by atoms with Crippen LogP contribution in [0, 0.1) is 0 Å². The Morgan fingerprint density at radius 1 is 1.41 bits per heavy atom. The van der Waals surface area contributed by atoms with Crippen molar-refractivity contribution in [2.75, 3.05) is 5.32 Å². The lowest BCUT2D eigenvalue weighted by molar-refractivity contribution is -0.503. The SMILES string of the molecule is CC([NH+]=C1CCCc2ccccc2N1)C(=O)[O-]. The highest BCUT2D eigenvalue weighted by Crippen LogP contribution is 2.20. The van der Waals surface area contributed by atoms with Crippen LogP contribution in [0.4, 0.5) is 5.69 Å². The van der Waals surface area contributed by atoms with Crippen LogP contribution >= 0.6 is 0 Å². The fourth-order valence-electron chi connectivity index (χ4n) is 1.97. The van der Waals surface area contributed by atoms with E-state index in [2.05, 4.69) is 16.4 Å². The van der Waals surface area contributed by atoms with Crippen molar-refractivity contribution in [1.29, 1.82) is 0 Å². The third kappa shape index (κ3) is 2.84. The Kier molecular flexibility index (Phi) is 3.42. The molecule has 0 amide bonds. The van der Waals surface area contributed by atoms with Gasteiger partial charge in [0.15, 0.2) is 0 Å². The maximum Gasteiger partial charge on any atom is 0.248 e. The first-order chi connectivity index (χ1) is 8.16. The predicted molar refractivity (Wildman–Crippen MR) is 63.4 cm³/mol. The van der Waals surface area contributed by atoms with E-state index >= 15 is 0 Å². The van der Waals surface area contributed by atoms with Gasteiger partial charge in [-0.05, 0) is 31.4 Å². The van der Waals surface area contributed by atoms with Gasteiger partial charge in [0, 0.05) is 6.42 Å². The number of carbonyl (C=O) groups excluding carboxylic acids is 1. The number of anilines is 1. The molecule has 2 rings (SSSR count). The van der Waals surface area contributed by atoms with Gasteiger partial charge in [0.2, 0.25) is 5.84 Å². The van der Waals surface area contributed by atoms with Gasteiger partial charge in [-0.1, -0.05) is 18.2 Å².